The van der Waals surface area contributed by atoms with Gasteiger partial charge in [0.1, 0.15) is 17.3 Å². The number of benzene rings is 1. The second kappa shape index (κ2) is 6.67. The van der Waals surface area contributed by atoms with E-state index in [0.29, 0.717) is 17.9 Å². The number of hydrogen-bond acceptors (Lipinski definition) is 4. The van der Waals surface area contributed by atoms with Crippen LogP contribution in [-0.2, 0) is 0 Å². The van der Waals surface area contributed by atoms with Crippen molar-refractivity contribution in [2.45, 2.75) is 38.5 Å². The summed E-state index contributed by atoms with van der Waals surface area (Å²) < 4.78 is 31.9. The van der Waals surface area contributed by atoms with Crippen molar-refractivity contribution in [3.05, 3.63) is 29.8 Å². The van der Waals surface area contributed by atoms with Crippen LogP contribution in [0.2, 0.25) is 0 Å². The molecule has 0 bridgehead atoms. The van der Waals surface area contributed by atoms with Crippen molar-refractivity contribution >= 4 is 17.5 Å². The predicted octanol–water partition coefficient (Wildman–Crippen LogP) is 3.41. The lowest BCUT2D eigenvalue weighted by Crippen LogP contribution is -2.33. The van der Waals surface area contributed by atoms with Gasteiger partial charge in [0, 0.05) is 12.5 Å². The third-order valence-corrected chi connectivity index (χ3v) is 4.00. The first kappa shape index (κ1) is 16.5. The maximum atomic E-state index is 13.1. The van der Waals surface area contributed by atoms with E-state index in [1.807, 2.05) is 0 Å². The van der Waals surface area contributed by atoms with Gasteiger partial charge in [0.05, 0.1) is 13.0 Å². The molecule has 1 heterocycles. The summed E-state index contributed by atoms with van der Waals surface area (Å²) in [7, 11) is 0. The Kier molecular flexibility index (Phi) is 4.59. The van der Waals surface area contributed by atoms with Crippen LogP contribution in [0.15, 0.2) is 34.5 Å². The predicted molar refractivity (Wildman–Crippen MR) is 86.9 cm³/mol. The van der Waals surface area contributed by atoms with E-state index < -0.39 is 11.8 Å². The molecule has 2 aliphatic rings. The summed E-state index contributed by atoms with van der Waals surface area (Å²) in [5.74, 6) is -1.79. The van der Waals surface area contributed by atoms with Crippen LogP contribution in [0.25, 0.3) is 0 Å². The topological polar surface area (TPSA) is 63.0 Å². The Hall–Kier alpha value is -2.31. The van der Waals surface area contributed by atoms with Crippen LogP contribution in [0.1, 0.15) is 43.0 Å². The van der Waals surface area contributed by atoms with Gasteiger partial charge in [0.25, 0.3) is 11.8 Å². The number of hydrogen-bond donors (Lipinski definition) is 1. The lowest BCUT2D eigenvalue weighted by Gasteiger charge is -2.10. The van der Waals surface area contributed by atoms with Gasteiger partial charge in [0.2, 0.25) is 0 Å². The van der Waals surface area contributed by atoms with E-state index in [-0.39, 0.29) is 18.0 Å². The third-order valence-electron chi connectivity index (χ3n) is 4.00. The van der Waals surface area contributed by atoms with Crippen molar-refractivity contribution < 1.29 is 18.3 Å². The molecular formula is C17H19F2N3O2. The summed E-state index contributed by atoms with van der Waals surface area (Å²) in [5.41, 5.74) is 0.0566. The standard InChI is InChI=1S/C17H19F2N3O2/c1-17(18,19)14-10-15(22-21-14)20-16(23)12-4-6-13(7-5-12)24-9-8-11-2-3-11/h4-7,11H,2-3,8-10H2,1H3,(H,20,22,23). The molecule has 128 valence electrons. The number of carbonyl (C=O) groups excluding carboxylic acids is 1. The Bertz CT molecular complexity index is 674. The van der Waals surface area contributed by atoms with Gasteiger partial charge in [-0.25, -0.2) is 8.78 Å². The van der Waals surface area contributed by atoms with Gasteiger partial charge in [-0.2, -0.15) is 5.10 Å². The van der Waals surface area contributed by atoms with E-state index >= 15 is 0 Å². The molecule has 5 nitrogen and oxygen atoms in total. The van der Waals surface area contributed by atoms with Crippen LogP contribution in [0.4, 0.5) is 8.78 Å². The number of halogens is 2. The fraction of sp³-hybridized carbons (Fsp3) is 0.471. The fourth-order valence-corrected chi connectivity index (χ4v) is 2.32. The van der Waals surface area contributed by atoms with Gasteiger partial charge in [-0.3, -0.25) is 4.79 Å². The lowest BCUT2D eigenvalue weighted by molar-refractivity contribution is 0.0966. The van der Waals surface area contributed by atoms with E-state index in [2.05, 4.69) is 15.5 Å². The maximum Gasteiger partial charge on any atom is 0.285 e. The first-order chi connectivity index (χ1) is 11.4. The minimum absolute atomic E-state index is 0.126. The largest absolute Gasteiger partial charge is 0.494 e. The molecule has 3 rings (SSSR count). The molecule has 1 aliphatic carbocycles. The highest BCUT2D eigenvalue weighted by Gasteiger charge is 2.33. The number of nitrogens with zero attached hydrogens (tertiary/aromatic N) is 2. The Morgan fingerprint density at radius 2 is 2.00 bits per heavy atom. The number of alkyl halides is 2. The van der Waals surface area contributed by atoms with Gasteiger partial charge in [-0.15, -0.1) is 5.10 Å². The normalized spacial score (nSPS) is 17.3. The third kappa shape index (κ3) is 4.37. The Morgan fingerprint density at radius 1 is 1.29 bits per heavy atom. The number of rotatable bonds is 6. The highest BCUT2D eigenvalue weighted by molar-refractivity contribution is 6.15. The average Bonchev–Trinajstić information content (AvgIpc) is 3.23. The minimum Gasteiger partial charge on any atom is -0.494 e. The van der Waals surface area contributed by atoms with Crippen molar-refractivity contribution in [2.24, 2.45) is 16.1 Å². The second-order valence-electron chi connectivity index (χ2n) is 6.22. The zero-order valence-electron chi connectivity index (χ0n) is 13.4. The highest BCUT2D eigenvalue weighted by Crippen LogP contribution is 2.32. The van der Waals surface area contributed by atoms with Crippen molar-refractivity contribution in [1.29, 1.82) is 0 Å². The Morgan fingerprint density at radius 3 is 2.58 bits per heavy atom. The quantitative estimate of drug-likeness (QED) is 0.866. The highest BCUT2D eigenvalue weighted by atomic mass is 19.3. The van der Waals surface area contributed by atoms with Crippen LogP contribution in [0, 0.1) is 5.92 Å². The zero-order chi connectivity index (χ0) is 17.2. The van der Waals surface area contributed by atoms with Gasteiger partial charge < -0.3 is 10.1 Å². The molecule has 0 unspecified atom stereocenters. The molecule has 0 atom stereocenters. The summed E-state index contributed by atoms with van der Waals surface area (Å²) in [6, 6.07) is 6.71. The molecule has 1 N–H and O–H groups in total. The molecule has 0 radical (unpaired) electrons. The number of amides is 1. The monoisotopic (exact) mass is 335 g/mol. The molecule has 0 saturated heterocycles. The van der Waals surface area contributed by atoms with Crippen molar-refractivity contribution in [2.75, 3.05) is 6.61 Å². The number of carbonyl (C=O) groups is 1. The molecule has 24 heavy (non-hydrogen) atoms. The fourth-order valence-electron chi connectivity index (χ4n) is 2.32. The summed E-state index contributed by atoms with van der Waals surface area (Å²) in [6.07, 6.45) is 3.49. The van der Waals surface area contributed by atoms with Crippen LogP contribution >= 0.6 is 0 Å². The Labute approximate surface area is 138 Å². The van der Waals surface area contributed by atoms with Crippen molar-refractivity contribution in [1.82, 2.24) is 5.32 Å². The zero-order valence-corrected chi connectivity index (χ0v) is 13.4. The summed E-state index contributed by atoms with van der Waals surface area (Å²) in [5, 5.41) is 9.52. The van der Waals surface area contributed by atoms with Gasteiger partial charge >= 0.3 is 0 Å². The van der Waals surface area contributed by atoms with Gasteiger partial charge in [-0.1, -0.05) is 12.8 Å². The molecule has 1 aromatic carbocycles. The first-order valence-electron chi connectivity index (χ1n) is 7.98. The maximum absolute atomic E-state index is 13.1. The average molecular weight is 335 g/mol. The van der Waals surface area contributed by atoms with Gasteiger partial charge in [-0.05, 0) is 36.6 Å². The SMILES string of the molecule is CC(F)(F)C1=NN=C(NC(=O)c2ccc(OCCC3CC3)cc2)C1. The summed E-state index contributed by atoms with van der Waals surface area (Å²) >= 11 is 0. The van der Waals surface area contributed by atoms with E-state index in [1.54, 1.807) is 24.3 Å². The molecule has 0 spiro atoms. The Balaban J connectivity index is 1.48. The summed E-state index contributed by atoms with van der Waals surface area (Å²) in [6.45, 7) is 1.44. The molecule has 1 aromatic rings. The number of ether oxygens (including phenoxy) is 1. The van der Waals surface area contributed by atoms with E-state index in [0.717, 1.165) is 19.3 Å². The molecular weight excluding hydrogens is 316 g/mol. The molecule has 1 amide bonds. The molecule has 7 heteroatoms. The minimum atomic E-state index is -3.03. The van der Waals surface area contributed by atoms with Gasteiger partial charge in [0.15, 0.2) is 0 Å². The number of amidine groups is 1. The summed E-state index contributed by atoms with van der Waals surface area (Å²) in [4.78, 5) is 12.1. The second-order valence-corrected chi connectivity index (χ2v) is 6.22. The lowest BCUT2D eigenvalue weighted by atomic mass is 10.1. The van der Waals surface area contributed by atoms with Crippen molar-refractivity contribution in [3.8, 4) is 5.75 Å². The smallest absolute Gasteiger partial charge is 0.285 e. The molecule has 1 saturated carbocycles. The number of nitrogens with one attached hydrogen (secondary N) is 1. The van der Waals surface area contributed by atoms with E-state index in [1.165, 1.54) is 12.8 Å². The van der Waals surface area contributed by atoms with Crippen molar-refractivity contribution in [3.63, 3.8) is 0 Å². The van der Waals surface area contributed by atoms with E-state index in [9.17, 15) is 13.6 Å². The molecule has 1 aliphatic heterocycles. The van der Waals surface area contributed by atoms with E-state index in [4.69, 9.17) is 4.74 Å². The first-order valence-corrected chi connectivity index (χ1v) is 7.98. The molecule has 1 fully saturated rings. The van der Waals surface area contributed by atoms with Crippen LogP contribution in [0.5, 0.6) is 5.75 Å². The van der Waals surface area contributed by atoms with Crippen LogP contribution < -0.4 is 10.1 Å². The van der Waals surface area contributed by atoms with Crippen LogP contribution in [-0.4, -0.2) is 30.0 Å². The van der Waals surface area contributed by atoms with Crippen LogP contribution in [0.3, 0.4) is 0 Å². The molecule has 0 aromatic heterocycles.